The second kappa shape index (κ2) is 32.9. The van der Waals surface area contributed by atoms with Crippen LogP contribution in [-0.2, 0) is 0 Å². The van der Waals surface area contributed by atoms with Gasteiger partial charge in [0.05, 0.1) is 59.5 Å². The van der Waals surface area contributed by atoms with E-state index in [2.05, 4.69) is 184 Å². The van der Waals surface area contributed by atoms with Crippen molar-refractivity contribution < 1.29 is 0 Å². The fourth-order valence-corrected chi connectivity index (χ4v) is 12.5. The lowest BCUT2D eigenvalue weighted by Crippen LogP contribution is -2.35. The third-order valence-corrected chi connectivity index (χ3v) is 18.0. The van der Waals surface area contributed by atoms with E-state index in [0.29, 0.717) is 17.6 Å². The zero-order valence-corrected chi connectivity index (χ0v) is 56.8. The quantitative estimate of drug-likeness (QED) is 0.0693. The summed E-state index contributed by atoms with van der Waals surface area (Å²) in [4.78, 5) is 56.4. The monoisotopic (exact) mass is 1360 g/mol. The largest absolute Gasteiger partial charge is 0.389 e. The molecular formula is C68H69Cl3N22S2. The number of anilines is 5. The molecule has 3 saturated heterocycles. The van der Waals surface area contributed by atoms with Gasteiger partial charge in [0.2, 0.25) is 0 Å². The molecular weight excluding hydrogens is 1300 g/mol. The van der Waals surface area contributed by atoms with Gasteiger partial charge in [0, 0.05) is 50.5 Å². The van der Waals surface area contributed by atoms with Crippen LogP contribution in [-0.4, -0.2) is 108 Å². The summed E-state index contributed by atoms with van der Waals surface area (Å²) in [6.07, 6.45) is 17.0. The molecule has 14 rings (SSSR count). The van der Waals surface area contributed by atoms with E-state index in [1.165, 1.54) is 64.4 Å². The molecule has 0 aliphatic carbocycles. The van der Waals surface area contributed by atoms with Gasteiger partial charge in [-0.2, -0.15) is 19.3 Å². The van der Waals surface area contributed by atoms with Gasteiger partial charge in [0.25, 0.3) is 0 Å². The molecule has 3 aromatic carbocycles. The Morgan fingerprint density at radius 3 is 1.47 bits per heavy atom. The van der Waals surface area contributed by atoms with Crippen molar-refractivity contribution in [2.75, 3.05) is 60.1 Å². The number of imidazole rings is 3. The summed E-state index contributed by atoms with van der Waals surface area (Å²) >= 11 is 19.6. The van der Waals surface area contributed by atoms with Crippen molar-refractivity contribution in [3.8, 4) is 45.9 Å². The highest BCUT2D eigenvalue weighted by molar-refractivity contribution is 7.10. The van der Waals surface area contributed by atoms with Gasteiger partial charge in [-0.15, -0.1) is 4.98 Å². The average Bonchev–Trinajstić information content (AvgIpc) is 1.85. The maximum atomic E-state index is 9.47. The Hall–Kier alpha value is -9.71. The molecule has 27 heteroatoms. The molecule has 22 nitrogen and oxygen atoms in total. The minimum atomic E-state index is 0.0440. The fraction of sp³-hybridized carbons (Fsp3) is 0.294. The predicted molar refractivity (Wildman–Crippen MR) is 378 cm³/mol. The van der Waals surface area contributed by atoms with Crippen LogP contribution in [0.1, 0.15) is 113 Å². The van der Waals surface area contributed by atoms with Crippen LogP contribution in [0.15, 0.2) is 122 Å². The van der Waals surface area contributed by atoms with Crippen molar-refractivity contribution in [2.24, 2.45) is 0 Å². The van der Waals surface area contributed by atoms with Crippen LogP contribution in [0, 0.1) is 63.9 Å². The van der Waals surface area contributed by atoms with Gasteiger partial charge in [-0.1, -0.05) is 131 Å². The third kappa shape index (κ3) is 18.8. The van der Waals surface area contributed by atoms with E-state index in [1.54, 1.807) is 12.4 Å². The second-order valence-corrected chi connectivity index (χ2v) is 25.8. The molecule has 0 amide bonds. The number of nitriles is 2. The van der Waals surface area contributed by atoms with Crippen LogP contribution >= 0.6 is 57.9 Å². The van der Waals surface area contributed by atoms with Crippen molar-refractivity contribution in [3.63, 3.8) is 0 Å². The molecule has 3 fully saturated rings. The summed E-state index contributed by atoms with van der Waals surface area (Å²) in [6, 6.07) is 33.3. The molecule has 3 atom stereocenters. The molecule has 3 unspecified atom stereocenters. The number of nitrogens with one attached hydrogen (secondary N) is 5. The molecule has 7 N–H and O–H groups in total. The highest BCUT2D eigenvalue weighted by Crippen LogP contribution is 2.34. The van der Waals surface area contributed by atoms with E-state index in [-0.39, 0.29) is 44.5 Å². The Morgan fingerprint density at radius 2 is 1.05 bits per heavy atom. The summed E-state index contributed by atoms with van der Waals surface area (Å²) < 4.78 is 8.21. The highest BCUT2D eigenvalue weighted by Gasteiger charge is 2.28. The normalized spacial score (nSPS) is 15.7. The first-order valence-electron chi connectivity index (χ1n) is 30.8. The molecule has 0 spiro atoms. The fourth-order valence-electron chi connectivity index (χ4n) is 10.8. The predicted octanol–water partition coefficient (Wildman–Crippen LogP) is 15.2. The van der Waals surface area contributed by atoms with Gasteiger partial charge in [-0.25, -0.2) is 39.9 Å². The number of aromatic amines is 3. The number of aryl methyl sites for hydroxylation is 5. The first kappa shape index (κ1) is 68.2. The van der Waals surface area contributed by atoms with Gasteiger partial charge in [0.15, 0.2) is 38.9 Å². The van der Waals surface area contributed by atoms with Crippen LogP contribution in [0.5, 0.6) is 0 Å². The summed E-state index contributed by atoms with van der Waals surface area (Å²) in [5, 5.41) is 27.1. The van der Waals surface area contributed by atoms with Crippen LogP contribution in [0.4, 0.5) is 33.3 Å². The van der Waals surface area contributed by atoms with Gasteiger partial charge in [-0.05, 0) is 132 Å². The van der Waals surface area contributed by atoms with Gasteiger partial charge in [-0.3, -0.25) is 0 Å². The lowest BCUT2D eigenvalue weighted by Gasteiger charge is -2.32. The Morgan fingerprint density at radius 1 is 0.568 bits per heavy atom. The minimum Gasteiger partial charge on any atom is -0.389 e. The van der Waals surface area contributed by atoms with Crippen molar-refractivity contribution in [2.45, 2.75) is 90.9 Å². The number of nitrogen functional groups attached to an aromatic ring is 1. The number of hydrogen-bond donors (Lipinski definition) is 6. The number of hydrogen-bond acceptors (Lipinski definition) is 20. The maximum Gasteiger partial charge on any atom is 0.307 e. The van der Waals surface area contributed by atoms with Gasteiger partial charge < -0.3 is 46.0 Å². The zero-order chi connectivity index (χ0) is 66.8. The molecule has 3 aliphatic heterocycles. The second-order valence-electron chi connectivity index (χ2n) is 23.0. The molecule has 11 heterocycles. The molecule has 0 bridgehead atoms. The number of halogens is 3. The van der Waals surface area contributed by atoms with E-state index in [9.17, 15) is 5.26 Å². The molecule has 484 valence electrons. The lowest BCUT2D eigenvalue weighted by molar-refractivity contribution is 0.449. The minimum absolute atomic E-state index is 0.0440. The Labute approximate surface area is 574 Å². The molecule has 0 radical (unpaired) electrons. The number of benzene rings is 3. The van der Waals surface area contributed by atoms with E-state index in [1.807, 2.05) is 50.6 Å². The topological polar surface area (TPSA) is 298 Å². The summed E-state index contributed by atoms with van der Waals surface area (Å²) in [7, 11) is 0. The van der Waals surface area contributed by atoms with Crippen LogP contribution in [0.2, 0.25) is 15.5 Å². The summed E-state index contributed by atoms with van der Waals surface area (Å²) in [5.41, 5.74) is 18.1. The first-order valence-corrected chi connectivity index (χ1v) is 33.5. The molecule has 0 saturated carbocycles. The first-order chi connectivity index (χ1) is 46.1. The van der Waals surface area contributed by atoms with Gasteiger partial charge in [0.1, 0.15) is 51.2 Å². The summed E-state index contributed by atoms with van der Waals surface area (Å²) in [6.45, 7) is 22.2. The van der Waals surface area contributed by atoms with Crippen molar-refractivity contribution in [1.82, 2.24) is 73.9 Å². The third-order valence-electron chi connectivity index (χ3n) is 15.8. The standard InChI is InChI=1S/C24H24N8S.C20H19ClN6.C15H19N3.C5HCl2N3.C4H6N2S/c1-15-5-7-17(8-6-15)20-12-27-23(28-20)18-4-3-9-32(14-18)21-13-26-19(11-25)24(29-21)30-22-10-16(2)31-33-22;1-13-4-6-14(7-5-13)17-10-24-20(25-17)15-3-2-8-27(12-15)18-11-23-16(9-22)19(21)26-18;1-11-4-6-12(7-5-11)14-10-17-15(18-14)13-3-2-8-16-9-13;1-8-5-4(7)10-3(6)2-9-5;1-3-2-4(5)7-6-3/h5-8,10,12-13,18H,3-4,9,14H2,1-2H3,(H,27,28)(H,29,30);4-7,10-11,15H,2-3,8,12H2,1H3,(H,24,25);4-7,10,13,16H,2-3,8-9H2,1H3,(H,17,18);2H;2H,5H2,1H3. The van der Waals surface area contributed by atoms with E-state index >= 15 is 0 Å². The van der Waals surface area contributed by atoms with Crippen molar-refractivity contribution in [1.29, 1.82) is 10.5 Å². The Bertz CT molecular complexity index is 4420. The number of rotatable bonds is 10. The Balaban J connectivity index is 0.000000141. The zero-order valence-electron chi connectivity index (χ0n) is 52.9. The maximum absolute atomic E-state index is 9.47. The van der Waals surface area contributed by atoms with Crippen molar-refractivity contribution in [3.05, 3.63) is 206 Å². The molecule has 11 aromatic rings. The SMILES string of the molecule is Cc1cc(N)sn1.Cc1ccc(-c2cnc(C3CCCN(c4cnc(C#N)c(Cl)n4)C3)[nH]2)cc1.Cc1ccc(-c2cnc(C3CCCN(c4cnc(C#N)c(Nc5cc(C)ns5)n4)C3)[nH]2)cc1.Cc1ccc(-c2cnc(C3CCCNC3)[nH]2)cc1.[C-]#[N+]c1ncc(Cl)nc1Cl. The van der Waals surface area contributed by atoms with Crippen LogP contribution in [0.3, 0.4) is 0 Å². The average molecular weight is 1360 g/mol. The lowest BCUT2D eigenvalue weighted by atomic mass is 9.97. The number of piperidine rings is 3. The number of nitrogens with two attached hydrogens (primary N) is 1. The molecule has 8 aromatic heterocycles. The van der Waals surface area contributed by atoms with E-state index < -0.39 is 0 Å². The molecule has 3 aliphatic rings. The van der Waals surface area contributed by atoms with Gasteiger partial charge >= 0.3 is 5.82 Å². The molecule has 95 heavy (non-hydrogen) atoms. The number of aromatic nitrogens is 14. The van der Waals surface area contributed by atoms with Crippen LogP contribution in [0.25, 0.3) is 38.6 Å². The van der Waals surface area contributed by atoms with E-state index in [4.69, 9.17) is 62.3 Å². The number of H-pyrrole nitrogens is 3. The smallest absolute Gasteiger partial charge is 0.307 e. The van der Waals surface area contributed by atoms with Crippen molar-refractivity contribution >= 4 is 91.1 Å². The van der Waals surface area contributed by atoms with Crippen LogP contribution < -0.4 is 26.2 Å². The summed E-state index contributed by atoms with van der Waals surface area (Å²) in [5.74, 6) is 6.20. The number of nitrogens with zero attached hydrogens (tertiary/aromatic N) is 16. The van der Waals surface area contributed by atoms with E-state index in [0.717, 1.165) is 138 Å². The Kier molecular flexibility index (Phi) is 23.6. The highest BCUT2D eigenvalue weighted by atomic mass is 35.5.